The van der Waals surface area contributed by atoms with Crippen LogP contribution in [0.2, 0.25) is 0 Å². The molecular weight excluding hydrogens is 186 g/mol. The van der Waals surface area contributed by atoms with Gasteiger partial charge in [0.05, 0.1) is 0 Å². The maximum absolute atomic E-state index is 5.84. The Balaban J connectivity index is 2.40. The Labute approximate surface area is 93.5 Å². The first-order valence-electron chi connectivity index (χ1n) is 6.30. The first kappa shape index (κ1) is 12.3. The number of nitrogens with zero attached hydrogens (tertiary/aromatic N) is 1. The summed E-state index contributed by atoms with van der Waals surface area (Å²) in [7, 11) is 0. The SMILES string of the molecule is CCCN=C(N)NC1CCCCCC1C. The summed E-state index contributed by atoms with van der Waals surface area (Å²) < 4.78 is 0. The van der Waals surface area contributed by atoms with Gasteiger partial charge in [0.2, 0.25) is 0 Å². The molecule has 0 aromatic heterocycles. The summed E-state index contributed by atoms with van der Waals surface area (Å²) in [5, 5.41) is 3.37. The van der Waals surface area contributed by atoms with Crippen LogP contribution in [0.4, 0.5) is 0 Å². The normalized spacial score (nSPS) is 28.5. The zero-order valence-electron chi connectivity index (χ0n) is 10.1. The van der Waals surface area contributed by atoms with Crippen molar-refractivity contribution in [3.8, 4) is 0 Å². The molecule has 2 unspecified atom stereocenters. The van der Waals surface area contributed by atoms with Crippen LogP contribution in [0.3, 0.4) is 0 Å². The summed E-state index contributed by atoms with van der Waals surface area (Å²) in [5.74, 6) is 1.36. The van der Waals surface area contributed by atoms with Crippen LogP contribution >= 0.6 is 0 Å². The molecule has 0 radical (unpaired) electrons. The standard InChI is InChI=1S/C12H25N3/c1-3-9-14-12(13)15-11-8-6-4-5-7-10(11)2/h10-11H,3-9H2,1-2H3,(H3,13,14,15). The van der Waals surface area contributed by atoms with E-state index in [1.54, 1.807) is 0 Å². The second-order valence-corrected chi connectivity index (χ2v) is 4.63. The van der Waals surface area contributed by atoms with Crippen molar-refractivity contribution in [2.45, 2.75) is 58.4 Å². The average molecular weight is 211 g/mol. The predicted octanol–water partition coefficient (Wildman–Crippen LogP) is 2.27. The smallest absolute Gasteiger partial charge is 0.188 e. The summed E-state index contributed by atoms with van der Waals surface area (Å²) in [6.07, 6.45) is 7.67. The van der Waals surface area contributed by atoms with Crippen LogP contribution in [-0.4, -0.2) is 18.5 Å². The van der Waals surface area contributed by atoms with Gasteiger partial charge in [-0.15, -0.1) is 0 Å². The van der Waals surface area contributed by atoms with E-state index in [-0.39, 0.29) is 0 Å². The van der Waals surface area contributed by atoms with E-state index in [9.17, 15) is 0 Å². The topological polar surface area (TPSA) is 50.4 Å². The van der Waals surface area contributed by atoms with Gasteiger partial charge in [-0.3, -0.25) is 4.99 Å². The summed E-state index contributed by atoms with van der Waals surface area (Å²) in [6, 6.07) is 0.535. The molecule has 0 heterocycles. The largest absolute Gasteiger partial charge is 0.370 e. The lowest BCUT2D eigenvalue weighted by atomic mass is 9.97. The Morgan fingerprint density at radius 1 is 1.33 bits per heavy atom. The number of nitrogens with two attached hydrogens (primary N) is 1. The van der Waals surface area contributed by atoms with Gasteiger partial charge in [0.1, 0.15) is 0 Å². The Kier molecular flexibility index (Phi) is 5.51. The Hall–Kier alpha value is -0.730. The van der Waals surface area contributed by atoms with E-state index >= 15 is 0 Å². The van der Waals surface area contributed by atoms with E-state index in [0.29, 0.717) is 12.0 Å². The van der Waals surface area contributed by atoms with E-state index in [1.165, 1.54) is 32.1 Å². The zero-order valence-corrected chi connectivity index (χ0v) is 10.1. The predicted molar refractivity (Wildman–Crippen MR) is 66.0 cm³/mol. The molecule has 0 aromatic rings. The van der Waals surface area contributed by atoms with Gasteiger partial charge in [-0.1, -0.05) is 33.1 Å². The molecule has 0 aromatic carbocycles. The highest BCUT2D eigenvalue weighted by atomic mass is 15.1. The molecule has 1 aliphatic carbocycles. The maximum Gasteiger partial charge on any atom is 0.188 e. The molecule has 0 amide bonds. The molecular formula is C12H25N3. The van der Waals surface area contributed by atoms with Crippen LogP contribution in [-0.2, 0) is 0 Å². The number of hydrogen-bond donors (Lipinski definition) is 2. The lowest BCUT2D eigenvalue weighted by Gasteiger charge is -2.23. The van der Waals surface area contributed by atoms with Gasteiger partial charge < -0.3 is 11.1 Å². The summed E-state index contributed by atoms with van der Waals surface area (Å²) in [6.45, 7) is 5.26. The minimum absolute atomic E-state index is 0.535. The number of rotatable bonds is 3. The van der Waals surface area contributed by atoms with Crippen molar-refractivity contribution in [2.24, 2.45) is 16.6 Å². The Morgan fingerprint density at radius 3 is 2.80 bits per heavy atom. The van der Waals surface area contributed by atoms with Crippen LogP contribution in [0.25, 0.3) is 0 Å². The zero-order chi connectivity index (χ0) is 11.1. The lowest BCUT2D eigenvalue weighted by Crippen LogP contribution is -2.43. The van der Waals surface area contributed by atoms with Crippen molar-refractivity contribution in [1.29, 1.82) is 0 Å². The van der Waals surface area contributed by atoms with Crippen molar-refractivity contribution in [1.82, 2.24) is 5.32 Å². The molecule has 0 bridgehead atoms. The van der Waals surface area contributed by atoms with Crippen LogP contribution in [0, 0.1) is 5.92 Å². The molecule has 0 spiro atoms. The van der Waals surface area contributed by atoms with Crippen molar-refractivity contribution < 1.29 is 0 Å². The molecule has 3 N–H and O–H groups in total. The summed E-state index contributed by atoms with van der Waals surface area (Å²) >= 11 is 0. The van der Waals surface area contributed by atoms with Gasteiger partial charge in [0, 0.05) is 12.6 Å². The van der Waals surface area contributed by atoms with Crippen molar-refractivity contribution >= 4 is 5.96 Å². The van der Waals surface area contributed by atoms with E-state index in [2.05, 4.69) is 24.2 Å². The first-order chi connectivity index (χ1) is 7.24. The fourth-order valence-electron chi connectivity index (χ4n) is 2.18. The first-order valence-corrected chi connectivity index (χ1v) is 6.30. The molecule has 2 atom stereocenters. The van der Waals surface area contributed by atoms with Gasteiger partial charge in [0.15, 0.2) is 5.96 Å². The number of hydrogen-bond acceptors (Lipinski definition) is 1. The molecule has 88 valence electrons. The number of guanidine groups is 1. The molecule has 1 aliphatic rings. The second-order valence-electron chi connectivity index (χ2n) is 4.63. The quantitative estimate of drug-likeness (QED) is 0.427. The van der Waals surface area contributed by atoms with Crippen molar-refractivity contribution in [3.05, 3.63) is 0 Å². The minimum Gasteiger partial charge on any atom is -0.370 e. The molecule has 1 fully saturated rings. The third-order valence-electron chi connectivity index (χ3n) is 3.20. The second kappa shape index (κ2) is 6.70. The van der Waals surface area contributed by atoms with E-state index in [4.69, 9.17) is 5.73 Å². The maximum atomic E-state index is 5.84. The number of aliphatic imine (C=N–C) groups is 1. The van der Waals surface area contributed by atoms with Gasteiger partial charge >= 0.3 is 0 Å². The highest BCUT2D eigenvalue weighted by Gasteiger charge is 2.19. The van der Waals surface area contributed by atoms with E-state index in [1.807, 2.05) is 0 Å². The summed E-state index contributed by atoms with van der Waals surface area (Å²) in [5.41, 5.74) is 5.84. The third-order valence-corrected chi connectivity index (χ3v) is 3.20. The van der Waals surface area contributed by atoms with Crippen LogP contribution in [0.15, 0.2) is 4.99 Å². The van der Waals surface area contributed by atoms with Gasteiger partial charge in [-0.25, -0.2) is 0 Å². The van der Waals surface area contributed by atoms with E-state index in [0.717, 1.165) is 18.9 Å². The Morgan fingerprint density at radius 2 is 2.07 bits per heavy atom. The molecule has 1 saturated carbocycles. The fraction of sp³-hybridized carbons (Fsp3) is 0.917. The minimum atomic E-state index is 0.535. The highest BCUT2D eigenvalue weighted by molar-refractivity contribution is 5.78. The third kappa shape index (κ3) is 4.54. The van der Waals surface area contributed by atoms with Crippen LogP contribution < -0.4 is 11.1 Å². The van der Waals surface area contributed by atoms with Crippen molar-refractivity contribution in [2.75, 3.05) is 6.54 Å². The Bertz CT molecular complexity index is 201. The summed E-state index contributed by atoms with van der Waals surface area (Å²) in [4.78, 5) is 4.29. The molecule has 1 rings (SSSR count). The monoisotopic (exact) mass is 211 g/mol. The van der Waals surface area contributed by atoms with Gasteiger partial charge in [-0.2, -0.15) is 0 Å². The van der Waals surface area contributed by atoms with Gasteiger partial charge in [-0.05, 0) is 25.2 Å². The molecule has 3 heteroatoms. The molecule has 0 saturated heterocycles. The molecule has 0 aliphatic heterocycles. The van der Waals surface area contributed by atoms with Gasteiger partial charge in [0.25, 0.3) is 0 Å². The average Bonchev–Trinajstić information content (AvgIpc) is 2.42. The molecule has 15 heavy (non-hydrogen) atoms. The highest BCUT2D eigenvalue weighted by Crippen LogP contribution is 2.22. The lowest BCUT2D eigenvalue weighted by molar-refractivity contribution is 0.399. The van der Waals surface area contributed by atoms with Crippen LogP contribution in [0.1, 0.15) is 52.4 Å². The fourth-order valence-corrected chi connectivity index (χ4v) is 2.18. The van der Waals surface area contributed by atoms with Crippen LogP contribution in [0.5, 0.6) is 0 Å². The number of nitrogens with one attached hydrogen (secondary N) is 1. The molecule has 3 nitrogen and oxygen atoms in total. The van der Waals surface area contributed by atoms with E-state index < -0.39 is 0 Å². The van der Waals surface area contributed by atoms with Crippen molar-refractivity contribution in [3.63, 3.8) is 0 Å².